The summed E-state index contributed by atoms with van der Waals surface area (Å²) < 4.78 is 27.7. The minimum absolute atomic E-state index is 0.161. The van der Waals surface area contributed by atoms with Gasteiger partial charge in [-0.05, 0) is 50.1 Å². The van der Waals surface area contributed by atoms with Crippen molar-refractivity contribution in [2.75, 3.05) is 18.4 Å². The lowest BCUT2D eigenvalue weighted by molar-refractivity contribution is 0.102. The molecule has 0 radical (unpaired) electrons. The van der Waals surface area contributed by atoms with Crippen molar-refractivity contribution in [3.05, 3.63) is 64.5 Å². The number of rotatable bonds is 5. The molecule has 1 saturated heterocycles. The first-order valence-electron chi connectivity index (χ1n) is 10.4. The molecule has 0 spiro atoms. The first-order chi connectivity index (χ1) is 14.9. The van der Waals surface area contributed by atoms with Crippen molar-refractivity contribution in [1.82, 2.24) is 9.29 Å². The van der Waals surface area contributed by atoms with E-state index in [1.54, 1.807) is 35.6 Å². The van der Waals surface area contributed by atoms with Gasteiger partial charge in [0.1, 0.15) is 0 Å². The number of aryl methyl sites for hydroxylation is 1. The number of carbonyl (C=O) groups excluding carboxylic acids is 1. The smallest absolute Gasteiger partial charge is 0.255 e. The second-order valence-electron chi connectivity index (χ2n) is 7.63. The van der Waals surface area contributed by atoms with Crippen LogP contribution in [0.25, 0.3) is 11.3 Å². The van der Waals surface area contributed by atoms with Gasteiger partial charge in [0.2, 0.25) is 10.0 Å². The van der Waals surface area contributed by atoms with Crippen LogP contribution in [-0.4, -0.2) is 36.7 Å². The van der Waals surface area contributed by atoms with Gasteiger partial charge in [0.25, 0.3) is 5.91 Å². The third-order valence-electron chi connectivity index (χ3n) is 5.33. The van der Waals surface area contributed by atoms with Crippen molar-refractivity contribution in [1.29, 1.82) is 0 Å². The lowest BCUT2D eigenvalue weighted by Crippen LogP contribution is -2.32. The van der Waals surface area contributed by atoms with Crippen molar-refractivity contribution in [2.24, 2.45) is 0 Å². The number of amides is 1. The van der Waals surface area contributed by atoms with Crippen LogP contribution in [0.2, 0.25) is 0 Å². The fourth-order valence-corrected chi connectivity index (χ4v) is 5.87. The highest BCUT2D eigenvalue weighted by atomic mass is 32.2. The normalized spacial score (nSPS) is 15.4. The summed E-state index contributed by atoms with van der Waals surface area (Å²) in [5.74, 6) is -0.348. The fraction of sp³-hybridized carbons (Fsp3) is 0.304. The van der Waals surface area contributed by atoms with E-state index in [4.69, 9.17) is 0 Å². The van der Waals surface area contributed by atoms with Crippen LogP contribution in [-0.2, 0) is 10.0 Å². The Morgan fingerprint density at radius 2 is 1.77 bits per heavy atom. The van der Waals surface area contributed by atoms with Gasteiger partial charge in [-0.15, -0.1) is 11.3 Å². The first-order valence-corrected chi connectivity index (χ1v) is 12.7. The monoisotopic (exact) mass is 455 g/mol. The molecule has 1 aromatic heterocycles. The van der Waals surface area contributed by atoms with Gasteiger partial charge in [-0.1, -0.05) is 31.0 Å². The maximum atomic E-state index is 13.1. The lowest BCUT2D eigenvalue weighted by atomic mass is 10.1. The summed E-state index contributed by atoms with van der Waals surface area (Å²) >= 11 is 1.57. The van der Waals surface area contributed by atoms with Gasteiger partial charge in [-0.25, -0.2) is 13.4 Å². The molecule has 2 heterocycles. The third kappa shape index (κ3) is 5.03. The van der Waals surface area contributed by atoms with Crippen LogP contribution in [0.5, 0.6) is 0 Å². The summed E-state index contributed by atoms with van der Waals surface area (Å²) in [6.45, 7) is 3.01. The highest BCUT2D eigenvalue weighted by Gasteiger charge is 2.25. The van der Waals surface area contributed by atoms with E-state index in [2.05, 4.69) is 10.3 Å². The molecule has 1 amide bonds. The first kappa shape index (κ1) is 21.7. The zero-order valence-electron chi connectivity index (χ0n) is 17.4. The van der Waals surface area contributed by atoms with Gasteiger partial charge in [0.05, 0.1) is 15.6 Å². The molecule has 1 aliphatic heterocycles. The molecule has 1 N–H and O–H groups in total. The summed E-state index contributed by atoms with van der Waals surface area (Å²) in [5.41, 5.74) is 2.73. The van der Waals surface area contributed by atoms with E-state index in [9.17, 15) is 13.2 Å². The molecule has 0 unspecified atom stereocenters. The molecule has 4 rings (SSSR count). The molecule has 3 aromatic rings. The minimum atomic E-state index is -3.61. The van der Waals surface area contributed by atoms with Crippen molar-refractivity contribution < 1.29 is 13.2 Å². The predicted octanol–water partition coefficient (Wildman–Crippen LogP) is 4.94. The molecular weight excluding hydrogens is 430 g/mol. The standard InChI is InChI=1S/C23H25N3O3S2/c1-17-24-22(16-30-17)18-8-6-10-20(14-18)25-23(27)19-9-7-11-21(15-19)31(28,29)26-12-4-2-3-5-13-26/h6-11,14-16H,2-5,12-13H2,1H3,(H,25,27). The van der Waals surface area contributed by atoms with Gasteiger partial charge in [0.15, 0.2) is 0 Å². The fourth-order valence-electron chi connectivity index (χ4n) is 3.68. The molecule has 2 aromatic carbocycles. The van der Waals surface area contributed by atoms with E-state index < -0.39 is 10.0 Å². The highest BCUT2D eigenvalue weighted by molar-refractivity contribution is 7.89. The maximum absolute atomic E-state index is 13.1. The van der Waals surface area contributed by atoms with Crippen LogP contribution in [0, 0.1) is 6.92 Å². The molecule has 0 atom stereocenters. The Morgan fingerprint density at radius 3 is 2.48 bits per heavy atom. The van der Waals surface area contributed by atoms with Crippen LogP contribution in [0.15, 0.2) is 58.8 Å². The topological polar surface area (TPSA) is 79.4 Å². The average molecular weight is 456 g/mol. The number of nitrogens with one attached hydrogen (secondary N) is 1. The largest absolute Gasteiger partial charge is 0.322 e. The van der Waals surface area contributed by atoms with Gasteiger partial charge in [-0.3, -0.25) is 4.79 Å². The maximum Gasteiger partial charge on any atom is 0.255 e. The van der Waals surface area contributed by atoms with Gasteiger partial charge in [-0.2, -0.15) is 4.31 Å². The molecule has 1 fully saturated rings. The number of aromatic nitrogens is 1. The van der Waals surface area contributed by atoms with Crippen molar-refractivity contribution >= 4 is 33.0 Å². The van der Waals surface area contributed by atoms with Crippen molar-refractivity contribution in [2.45, 2.75) is 37.5 Å². The number of nitrogens with zero attached hydrogens (tertiary/aromatic N) is 2. The molecule has 0 aliphatic carbocycles. The van der Waals surface area contributed by atoms with E-state index >= 15 is 0 Å². The van der Waals surface area contributed by atoms with Crippen LogP contribution >= 0.6 is 11.3 Å². The van der Waals surface area contributed by atoms with Gasteiger partial charge in [0, 0.05) is 35.3 Å². The van der Waals surface area contributed by atoms with E-state index in [0.29, 0.717) is 24.3 Å². The lowest BCUT2D eigenvalue weighted by Gasteiger charge is -2.20. The summed E-state index contributed by atoms with van der Waals surface area (Å²) in [4.78, 5) is 17.5. The number of carbonyl (C=O) groups is 1. The number of hydrogen-bond donors (Lipinski definition) is 1. The van der Waals surface area contributed by atoms with Crippen LogP contribution in [0.3, 0.4) is 0 Å². The number of benzene rings is 2. The zero-order chi connectivity index (χ0) is 21.8. The Bertz CT molecular complexity index is 1180. The van der Waals surface area contributed by atoms with Crippen molar-refractivity contribution in [3.8, 4) is 11.3 Å². The molecule has 1 aliphatic rings. The molecule has 162 valence electrons. The zero-order valence-corrected chi connectivity index (χ0v) is 19.0. The van der Waals surface area contributed by atoms with Crippen LogP contribution in [0.1, 0.15) is 41.0 Å². The van der Waals surface area contributed by atoms with E-state index in [1.807, 2.05) is 30.5 Å². The quantitative estimate of drug-likeness (QED) is 0.591. The third-order valence-corrected chi connectivity index (χ3v) is 8.00. The number of anilines is 1. The Morgan fingerprint density at radius 1 is 1.03 bits per heavy atom. The SMILES string of the molecule is Cc1nc(-c2cccc(NC(=O)c3cccc(S(=O)(=O)N4CCCCCC4)c3)c2)cs1. The van der Waals surface area contributed by atoms with Crippen LogP contribution in [0.4, 0.5) is 5.69 Å². The summed E-state index contributed by atoms with van der Waals surface area (Å²) in [6, 6.07) is 13.7. The molecule has 0 bridgehead atoms. The van der Waals surface area contributed by atoms with Gasteiger partial charge < -0.3 is 5.32 Å². The Hall–Kier alpha value is -2.55. The van der Waals surface area contributed by atoms with Gasteiger partial charge >= 0.3 is 0 Å². The average Bonchev–Trinajstić information content (AvgIpc) is 3.02. The molecule has 31 heavy (non-hydrogen) atoms. The second-order valence-corrected chi connectivity index (χ2v) is 10.6. The van der Waals surface area contributed by atoms with Crippen LogP contribution < -0.4 is 5.32 Å². The van der Waals surface area contributed by atoms with E-state index in [1.165, 1.54) is 10.4 Å². The van der Waals surface area contributed by atoms with E-state index in [-0.39, 0.29) is 10.8 Å². The Labute approximate surface area is 187 Å². The number of hydrogen-bond acceptors (Lipinski definition) is 5. The summed E-state index contributed by atoms with van der Waals surface area (Å²) in [7, 11) is -3.61. The van der Waals surface area contributed by atoms with E-state index in [0.717, 1.165) is 41.9 Å². The highest BCUT2D eigenvalue weighted by Crippen LogP contribution is 2.25. The number of thiazole rings is 1. The molecule has 8 heteroatoms. The Kier molecular flexibility index (Phi) is 6.50. The Balaban J connectivity index is 1.53. The number of sulfonamides is 1. The molecule has 6 nitrogen and oxygen atoms in total. The molecule has 0 saturated carbocycles. The summed E-state index contributed by atoms with van der Waals surface area (Å²) in [5, 5.41) is 5.83. The minimum Gasteiger partial charge on any atom is -0.322 e. The second kappa shape index (κ2) is 9.30. The van der Waals surface area contributed by atoms with Crippen molar-refractivity contribution in [3.63, 3.8) is 0 Å². The predicted molar refractivity (Wildman–Crippen MR) is 124 cm³/mol. The molecular formula is C23H25N3O3S2. The summed E-state index contributed by atoms with van der Waals surface area (Å²) in [6.07, 6.45) is 3.84.